The van der Waals surface area contributed by atoms with Gasteiger partial charge in [0, 0.05) is 20.1 Å². The Bertz CT molecular complexity index is 61.9. The molecule has 1 atom stereocenters. The maximum Gasteiger partial charge on any atom is 0.0186 e. The van der Waals surface area contributed by atoms with Crippen molar-refractivity contribution in [3.8, 4) is 0 Å². The van der Waals surface area contributed by atoms with Gasteiger partial charge in [0.2, 0.25) is 0 Å². The first kappa shape index (κ1) is 8.92. The fourth-order valence-corrected chi connectivity index (χ4v) is 0.938. The lowest BCUT2D eigenvalue weighted by Gasteiger charge is -2.18. The van der Waals surface area contributed by atoms with Crippen molar-refractivity contribution in [1.82, 2.24) is 10.4 Å². The van der Waals surface area contributed by atoms with E-state index >= 15 is 0 Å². The van der Waals surface area contributed by atoms with E-state index < -0.39 is 0 Å². The molecule has 0 spiro atoms. The van der Waals surface area contributed by atoms with Crippen LogP contribution in [0.1, 0.15) is 26.7 Å². The van der Waals surface area contributed by atoms with Crippen LogP contribution in [0.25, 0.3) is 0 Å². The van der Waals surface area contributed by atoms with E-state index in [2.05, 4.69) is 19.3 Å². The zero-order chi connectivity index (χ0) is 7.28. The first-order valence-electron chi connectivity index (χ1n) is 3.60. The maximum atomic E-state index is 3.28. The van der Waals surface area contributed by atoms with E-state index in [0.29, 0.717) is 6.04 Å². The van der Waals surface area contributed by atoms with E-state index in [4.69, 9.17) is 0 Å². The highest BCUT2D eigenvalue weighted by Gasteiger charge is 1.97. The van der Waals surface area contributed by atoms with Gasteiger partial charge in [-0.15, -0.1) is 0 Å². The molecule has 1 N–H and O–H groups in total. The minimum Gasteiger partial charge on any atom is -0.253 e. The zero-order valence-corrected chi connectivity index (χ0v) is 6.94. The summed E-state index contributed by atoms with van der Waals surface area (Å²) in [6.45, 7) is 4.40. The molecule has 2 nitrogen and oxygen atoms in total. The van der Waals surface area contributed by atoms with Crippen LogP contribution in [-0.4, -0.2) is 25.1 Å². The smallest absolute Gasteiger partial charge is 0.0186 e. The number of hydrogen-bond acceptors (Lipinski definition) is 2. The SMILES string of the molecule is CCCC(C)NN(C)C. The van der Waals surface area contributed by atoms with Crippen LogP contribution in [0.2, 0.25) is 0 Å². The molecule has 0 bridgehead atoms. The van der Waals surface area contributed by atoms with E-state index in [-0.39, 0.29) is 0 Å². The molecule has 1 unspecified atom stereocenters. The second-order valence-electron chi connectivity index (χ2n) is 2.71. The number of hydrazine groups is 1. The molecule has 0 aliphatic rings. The monoisotopic (exact) mass is 130 g/mol. The third-order valence-corrected chi connectivity index (χ3v) is 1.20. The molecule has 0 saturated heterocycles. The van der Waals surface area contributed by atoms with Crippen molar-refractivity contribution in [2.24, 2.45) is 0 Å². The van der Waals surface area contributed by atoms with Crippen molar-refractivity contribution < 1.29 is 0 Å². The highest BCUT2D eigenvalue weighted by Crippen LogP contribution is 1.93. The van der Waals surface area contributed by atoms with Gasteiger partial charge >= 0.3 is 0 Å². The van der Waals surface area contributed by atoms with Gasteiger partial charge < -0.3 is 0 Å². The molecule has 0 fully saturated rings. The van der Waals surface area contributed by atoms with Gasteiger partial charge in [-0.05, 0) is 13.3 Å². The Morgan fingerprint density at radius 2 is 2.00 bits per heavy atom. The maximum absolute atomic E-state index is 3.28. The predicted octanol–water partition coefficient (Wildman–Crippen LogP) is 1.24. The summed E-state index contributed by atoms with van der Waals surface area (Å²) in [6, 6.07) is 0.616. The fraction of sp³-hybridized carbons (Fsp3) is 1.00. The van der Waals surface area contributed by atoms with E-state index in [1.807, 2.05) is 19.1 Å². The van der Waals surface area contributed by atoms with Crippen molar-refractivity contribution in [3.63, 3.8) is 0 Å². The van der Waals surface area contributed by atoms with Crippen molar-refractivity contribution >= 4 is 0 Å². The number of hydrogen-bond donors (Lipinski definition) is 1. The van der Waals surface area contributed by atoms with E-state index in [0.717, 1.165) is 0 Å². The number of nitrogens with one attached hydrogen (secondary N) is 1. The van der Waals surface area contributed by atoms with Crippen molar-refractivity contribution in [2.75, 3.05) is 14.1 Å². The average molecular weight is 130 g/mol. The molecule has 0 aliphatic carbocycles. The Hall–Kier alpha value is -0.0800. The Kier molecular flexibility index (Phi) is 4.72. The van der Waals surface area contributed by atoms with Crippen molar-refractivity contribution in [2.45, 2.75) is 32.7 Å². The van der Waals surface area contributed by atoms with Crippen LogP contribution in [-0.2, 0) is 0 Å². The van der Waals surface area contributed by atoms with Crippen LogP contribution >= 0.6 is 0 Å². The molecular weight excluding hydrogens is 112 g/mol. The molecule has 0 aromatic carbocycles. The highest BCUT2D eigenvalue weighted by atomic mass is 15.5. The molecule has 2 heteroatoms. The lowest BCUT2D eigenvalue weighted by molar-refractivity contribution is 0.243. The van der Waals surface area contributed by atoms with E-state index in [1.165, 1.54) is 12.8 Å². The Balaban J connectivity index is 3.15. The van der Waals surface area contributed by atoms with Gasteiger partial charge in [-0.25, -0.2) is 0 Å². The van der Waals surface area contributed by atoms with Gasteiger partial charge in [-0.2, -0.15) is 0 Å². The predicted molar refractivity (Wildman–Crippen MR) is 41.2 cm³/mol. The molecule has 9 heavy (non-hydrogen) atoms. The number of nitrogens with zero attached hydrogens (tertiary/aromatic N) is 1. The molecule has 0 radical (unpaired) electrons. The lowest BCUT2D eigenvalue weighted by Crippen LogP contribution is -2.37. The molecule has 0 amide bonds. The summed E-state index contributed by atoms with van der Waals surface area (Å²) < 4.78 is 0. The summed E-state index contributed by atoms with van der Waals surface area (Å²) in [5, 5.41) is 2.00. The molecule has 0 saturated carbocycles. The van der Waals surface area contributed by atoms with Crippen LogP contribution in [0, 0.1) is 0 Å². The topological polar surface area (TPSA) is 15.3 Å². The Morgan fingerprint density at radius 1 is 1.44 bits per heavy atom. The largest absolute Gasteiger partial charge is 0.253 e. The number of rotatable bonds is 4. The van der Waals surface area contributed by atoms with Gasteiger partial charge in [-0.1, -0.05) is 13.3 Å². The van der Waals surface area contributed by atoms with Gasteiger partial charge in [0.25, 0.3) is 0 Å². The first-order valence-corrected chi connectivity index (χ1v) is 3.60. The van der Waals surface area contributed by atoms with E-state index in [9.17, 15) is 0 Å². The minimum absolute atomic E-state index is 0.616. The summed E-state index contributed by atoms with van der Waals surface area (Å²) in [6.07, 6.45) is 2.50. The van der Waals surface area contributed by atoms with Crippen molar-refractivity contribution in [1.29, 1.82) is 0 Å². The van der Waals surface area contributed by atoms with Gasteiger partial charge in [0.05, 0.1) is 0 Å². The molecule has 0 aliphatic heterocycles. The van der Waals surface area contributed by atoms with Gasteiger partial charge in [0.1, 0.15) is 0 Å². The third kappa shape index (κ3) is 5.80. The second kappa shape index (κ2) is 4.77. The average Bonchev–Trinajstić information content (AvgIpc) is 1.63. The highest BCUT2D eigenvalue weighted by molar-refractivity contribution is 4.54. The van der Waals surface area contributed by atoms with Crippen LogP contribution in [0.15, 0.2) is 0 Å². The minimum atomic E-state index is 0.616. The van der Waals surface area contributed by atoms with Gasteiger partial charge in [-0.3, -0.25) is 10.4 Å². The van der Waals surface area contributed by atoms with Crippen LogP contribution in [0.3, 0.4) is 0 Å². The zero-order valence-electron chi connectivity index (χ0n) is 6.94. The first-order chi connectivity index (χ1) is 4.16. The lowest BCUT2D eigenvalue weighted by atomic mass is 10.2. The standard InChI is InChI=1S/C7H18N2/c1-5-6-7(2)8-9(3)4/h7-8H,5-6H2,1-4H3. The molecule has 0 rings (SSSR count). The molecular formula is C7H18N2. The van der Waals surface area contributed by atoms with Gasteiger partial charge in [0.15, 0.2) is 0 Å². The molecule has 0 aromatic heterocycles. The normalized spacial score (nSPS) is 14.3. The van der Waals surface area contributed by atoms with Crippen LogP contribution in [0.5, 0.6) is 0 Å². The van der Waals surface area contributed by atoms with Crippen molar-refractivity contribution in [3.05, 3.63) is 0 Å². The summed E-state index contributed by atoms with van der Waals surface area (Å²) in [7, 11) is 4.04. The molecule has 56 valence electrons. The summed E-state index contributed by atoms with van der Waals surface area (Å²) >= 11 is 0. The van der Waals surface area contributed by atoms with Crippen LogP contribution in [0.4, 0.5) is 0 Å². The fourth-order valence-electron chi connectivity index (χ4n) is 0.938. The summed E-state index contributed by atoms with van der Waals surface area (Å²) in [5.74, 6) is 0. The summed E-state index contributed by atoms with van der Waals surface area (Å²) in [5.41, 5.74) is 3.28. The quantitative estimate of drug-likeness (QED) is 0.576. The van der Waals surface area contributed by atoms with Crippen LogP contribution < -0.4 is 5.43 Å². The molecule has 0 aromatic rings. The Labute approximate surface area is 58.2 Å². The second-order valence-corrected chi connectivity index (χ2v) is 2.71. The third-order valence-electron chi connectivity index (χ3n) is 1.20. The Morgan fingerprint density at radius 3 is 2.33 bits per heavy atom. The van der Waals surface area contributed by atoms with E-state index in [1.54, 1.807) is 0 Å². The summed E-state index contributed by atoms with van der Waals surface area (Å²) in [4.78, 5) is 0. The molecule has 0 heterocycles.